The maximum absolute atomic E-state index is 12.5. The van der Waals surface area contributed by atoms with Gasteiger partial charge in [-0.15, -0.1) is 0 Å². The highest BCUT2D eigenvalue weighted by Crippen LogP contribution is 2.43. The lowest BCUT2D eigenvalue weighted by atomic mass is 9.66. The number of hydrogen-bond acceptors (Lipinski definition) is 3. The van der Waals surface area contributed by atoms with Crippen molar-refractivity contribution in [2.75, 3.05) is 19.7 Å². The fraction of sp³-hybridized carbons (Fsp3) is 0.667. The van der Waals surface area contributed by atoms with Crippen LogP contribution in [0.2, 0.25) is 0 Å². The number of carbonyl (C=O) groups excluding carboxylic acids is 1. The van der Waals surface area contributed by atoms with Gasteiger partial charge in [0.15, 0.2) is 0 Å². The molecule has 0 radical (unpaired) electrons. The summed E-state index contributed by atoms with van der Waals surface area (Å²) in [6.07, 6.45) is 5.49. The van der Waals surface area contributed by atoms with Crippen LogP contribution in [-0.2, 0) is 10.2 Å². The highest BCUT2D eigenvalue weighted by molar-refractivity contribution is 14.1. The molecule has 1 unspecified atom stereocenters. The third kappa shape index (κ3) is 5.12. The van der Waals surface area contributed by atoms with E-state index in [1.165, 1.54) is 22.0 Å². The van der Waals surface area contributed by atoms with Crippen molar-refractivity contribution >= 4 is 28.7 Å². The molecular formula is C21H31IN2O2. The number of ether oxygens (including phenoxy) is 1. The first-order valence-electron chi connectivity index (χ1n) is 9.89. The molecule has 26 heavy (non-hydrogen) atoms. The molecule has 2 N–H and O–H groups in total. The van der Waals surface area contributed by atoms with E-state index in [9.17, 15) is 4.79 Å². The highest BCUT2D eigenvalue weighted by Gasteiger charge is 2.44. The largest absolute Gasteiger partial charge is 0.449 e. The molecule has 1 aromatic rings. The first kappa shape index (κ1) is 19.9. The second-order valence-electron chi connectivity index (χ2n) is 8.28. The van der Waals surface area contributed by atoms with Crippen LogP contribution in [0.5, 0.6) is 0 Å². The third-order valence-electron chi connectivity index (χ3n) is 5.69. The van der Waals surface area contributed by atoms with Gasteiger partial charge in [0.25, 0.3) is 0 Å². The van der Waals surface area contributed by atoms with E-state index in [0.717, 1.165) is 38.3 Å². The van der Waals surface area contributed by atoms with Crippen molar-refractivity contribution < 1.29 is 9.53 Å². The Morgan fingerprint density at radius 2 is 1.92 bits per heavy atom. The number of piperidine rings is 1. The summed E-state index contributed by atoms with van der Waals surface area (Å²) in [6.45, 7) is 6.59. The molecule has 0 aromatic heterocycles. The molecule has 1 aliphatic carbocycles. The molecule has 1 aliphatic heterocycles. The number of benzene rings is 1. The monoisotopic (exact) mass is 470 g/mol. The van der Waals surface area contributed by atoms with Crippen LogP contribution in [0.25, 0.3) is 0 Å². The van der Waals surface area contributed by atoms with E-state index in [2.05, 4.69) is 71.3 Å². The number of hydrogen-bond donors (Lipinski definition) is 2. The molecule has 1 saturated carbocycles. The highest BCUT2D eigenvalue weighted by atomic mass is 127. The van der Waals surface area contributed by atoms with E-state index in [1.54, 1.807) is 0 Å². The molecule has 0 bridgehead atoms. The van der Waals surface area contributed by atoms with Crippen LogP contribution in [0.4, 0.5) is 4.79 Å². The first-order valence-corrected chi connectivity index (χ1v) is 11.0. The van der Waals surface area contributed by atoms with Crippen molar-refractivity contribution in [2.24, 2.45) is 11.8 Å². The fourth-order valence-corrected chi connectivity index (χ4v) is 4.39. The van der Waals surface area contributed by atoms with Crippen LogP contribution in [0.1, 0.15) is 51.5 Å². The molecule has 1 amide bonds. The third-order valence-corrected chi connectivity index (χ3v) is 6.41. The molecule has 0 spiro atoms. The zero-order valence-corrected chi connectivity index (χ0v) is 18.1. The summed E-state index contributed by atoms with van der Waals surface area (Å²) >= 11 is 2.35. The number of carbonyl (C=O) groups is 1. The lowest BCUT2D eigenvalue weighted by molar-refractivity contribution is 0.116. The summed E-state index contributed by atoms with van der Waals surface area (Å²) in [5, 5.41) is 6.77. The number of amides is 1. The summed E-state index contributed by atoms with van der Waals surface area (Å²) < 4.78 is 6.71. The van der Waals surface area contributed by atoms with Gasteiger partial charge in [0.1, 0.15) is 0 Å². The Hall–Kier alpha value is -0.820. The fourth-order valence-electron chi connectivity index (χ4n) is 4.03. The average Bonchev–Trinajstić information content (AvgIpc) is 3.45. The van der Waals surface area contributed by atoms with Gasteiger partial charge in [0.2, 0.25) is 0 Å². The minimum absolute atomic E-state index is 0.00493. The Morgan fingerprint density at radius 3 is 2.50 bits per heavy atom. The van der Waals surface area contributed by atoms with Gasteiger partial charge in [-0.1, -0.05) is 38.8 Å². The number of nitrogens with one attached hydrogen (secondary N) is 2. The smallest absolute Gasteiger partial charge is 0.407 e. The molecule has 1 heterocycles. The van der Waals surface area contributed by atoms with E-state index in [1.807, 2.05) is 0 Å². The lowest BCUT2D eigenvalue weighted by Crippen LogP contribution is -2.55. The van der Waals surface area contributed by atoms with Crippen LogP contribution in [0.3, 0.4) is 0 Å². The molecule has 2 aliphatic rings. The predicted octanol–water partition coefficient (Wildman–Crippen LogP) is 4.46. The van der Waals surface area contributed by atoms with Gasteiger partial charge in [-0.25, -0.2) is 4.79 Å². The molecule has 3 rings (SSSR count). The Morgan fingerprint density at radius 1 is 1.27 bits per heavy atom. The van der Waals surface area contributed by atoms with Gasteiger partial charge in [-0.2, -0.15) is 0 Å². The van der Waals surface area contributed by atoms with Crippen LogP contribution in [0.15, 0.2) is 24.3 Å². The Labute approximate surface area is 171 Å². The van der Waals surface area contributed by atoms with E-state index in [-0.39, 0.29) is 17.6 Å². The van der Waals surface area contributed by atoms with Gasteiger partial charge in [-0.05, 0) is 84.5 Å². The normalized spacial score (nSPS) is 20.6. The van der Waals surface area contributed by atoms with Crippen LogP contribution >= 0.6 is 22.6 Å². The second-order valence-corrected chi connectivity index (χ2v) is 9.53. The van der Waals surface area contributed by atoms with Crippen molar-refractivity contribution in [1.29, 1.82) is 0 Å². The predicted molar refractivity (Wildman–Crippen MR) is 113 cm³/mol. The van der Waals surface area contributed by atoms with Crippen molar-refractivity contribution in [3.05, 3.63) is 33.4 Å². The number of halogens is 1. The molecule has 5 heteroatoms. The lowest BCUT2D eigenvalue weighted by Gasteiger charge is -2.45. The van der Waals surface area contributed by atoms with Gasteiger partial charge in [-0.3, -0.25) is 0 Å². The zero-order valence-electron chi connectivity index (χ0n) is 15.9. The molecule has 1 aromatic carbocycles. The zero-order chi connectivity index (χ0) is 18.6. The molecule has 144 valence electrons. The SMILES string of the molecule is CC(C)COC(=O)NC(CC1CC1)C1(c2ccc(I)cc2)CCNCC1. The minimum Gasteiger partial charge on any atom is -0.449 e. The van der Waals surface area contributed by atoms with E-state index in [0.29, 0.717) is 12.5 Å². The standard InChI is InChI=1S/C21H31IN2O2/c1-15(2)14-26-20(25)24-19(13-16-3-4-16)21(9-11-23-12-10-21)17-5-7-18(22)8-6-17/h5-8,15-16,19,23H,3-4,9-14H2,1-2H3,(H,24,25). The van der Waals surface area contributed by atoms with E-state index >= 15 is 0 Å². The molecule has 1 saturated heterocycles. The maximum atomic E-state index is 12.5. The topological polar surface area (TPSA) is 50.4 Å². The molecule has 4 nitrogen and oxygen atoms in total. The Kier molecular flexibility index (Phi) is 6.83. The minimum atomic E-state index is -0.257. The Balaban J connectivity index is 1.83. The summed E-state index contributed by atoms with van der Waals surface area (Å²) in [7, 11) is 0. The van der Waals surface area contributed by atoms with Crippen LogP contribution < -0.4 is 10.6 Å². The summed E-state index contributed by atoms with van der Waals surface area (Å²) in [5.74, 6) is 1.10. The van der Waals surface area contributed by atoms with Gasteiger partial charge < -0.3 is 15.4 Å². The number of alkyl carbamates (subject to hydrolysis) is 1. The van der Waals surface area contributed by atoms with Gasteiger partial charge in [0.05, 0.1) is 6.61 Å². The summed E-state index contributed by atoms with van der Waals surface area (Å²) in [5.41, 5.74) is 1.35. The van der Waals surface area contributed by atoms with Crippen LogP contribution in [-0.4, -0.2) is 31.8 Å². The van der Waals surface area contributed by atoms with Gasteiger partial charge >= 0.3 is 6.09 Å². The quantitative estimate of drug-likeness (QED) is 0.579. The van der Waals surface area contributed by atoms with Crippen molar-refractivity contribution in [3.8, 4) is 0 Å². The van der Waals surface area contributed by atoms with Crippen molar-refractivity contribution in [2.45, 2.75) is 57.4 Å². The molecule has 1 atom stereocenters. The maximum Gasteiger partial charge on any atom is 0.407 e. The van der Waals surface area contributed by atoms with Crippen LogP contribution in [0, 0.1) is 15.4 Å². The molecule has 2 fully saturated rings. The number of rotatable bonds is 7. The Bertz CT molecular complexity index is 593. The van der Waals surface area contributed by atoms with E-state index in [4.69, 9.17) is 4.74 Å². The summed E-state index contributed by atoms with van der Waals surface area (Å²) in [4.78, 5) is 12.5. The van der Waals surface area contributed by atoms with Gasteiger partial charge in [0, 0.05) is 15.0 Å². The van der Waals surface area contributed by atoms with E-state index < -0.39 is 0 Å². The first-order chi connectivity index (χ1) is 12.5. The van der Waals surface area contributed by atoms with Crippen molar-refractivity contribution in [1.82, 2.24) is 10.6 Å². The summed E-state index contributed by atoms with van der Waals surface area (Å²) in [6, 6.07) is 9.02. The second kappa shape index (κ2) is 8.91. The molecular weight excluding hydrogens is 439 g/mol. The average molecular weight is 470 g/mol. The van der Waals surface area contributed by atoms with Crippen molar-refractivity contribution in [3.63, 3.8) is 0 Å².